The second-order valence-corrected chi connectivity index (χ2v) is 5.41. The third-order valence-corrected chi connectivity index (χ3v) is 3.79. The molecule has 106 valence electrons. The molecule has 0 aromatic rings. The monoisotopic (exact) mass is 256 g/mol. The average Bonchev–Trinajstić information content (AvgIpc) is 2.36. The van der Waals surface area contributed by atoms with Gasteiger partial charge in [-0.2, -0.15) is 0 Å². The molecule has 3 N–H and O–H groups in total. The third-order valence-electron chi connectivity index (χ3n) is 3.79. The highest BCUT2D eigenvalue weighted by atomic mass is 16.3. The Hall–Kier alpha value is -0.610. The number of aliphatic hydroxyl groups excluding tert-OH is 1. The maximum atomic E-state index is 12.0. The summed E-state index contributed by atoms with van der Waals surface area (Å²) >= 11 is 0. The molecule has 0 spiro atoms. The maximum absolute atomic E-state index is 12.0. The van der Waals surface area contributed by atoms with Gasteiger partial charge in [0, 0.05) is 19.5 Å². The summed E-state index contributed by atoms with van der Waals surface area (Å²) in [6.45, 7) is 4.22. The summed E-state index contributed by atoms with van der Waals surface area (Å²) in [7, 11) is 0. The highest BCUT2D eigenvalue weighted by Crippen LogP contribution is 2.19. The van der Waals surface area contributed by atoms with Crippen LogP contribution in [0.15, 0.2) is 0 Å². The van der Waals surface area contributed by atoms with E-state index < -0.39 is 0 Å². The van der Waals surface area contributed by atoms with Crippen molar-refractivity contribution in [1.29, 1.82) is 0 Å². The number of amides is 1. The van der Waals surface area contributed by atoms with E-state index in [1.807, 2.05) is 4.90 Å². The number of piperidine rings is 1. The first kappa shape index (κ1) is 15.4. The van der Waals surface area contributed by atoms with Crippen LogP contribution in [0, 0.1) is 5.92 Å². The van der Waals surface area contributed by atoms with Crippen molar-refractivity contribution in [2.24, 2.45) is 11.7 Å². The first-order valence-corrected chi connectivity index (χ1v) is 7.33. The summed E-state index contributed by atoms with van der Waals surface area (Å²) in [6, 6.07) is 0. The Morgan fingerprint density at radius 1 is 1.44 bits per heavy atom. The van der Waals surface area contributed by atoms with Crippen molar-refractivity contribution in [3.63, 3.8) is 0 Å². The molecule has 0 aromatic carbocycles. The average molecular weight is 256 g/mol. The second kappa shape index (κ2) is 8.48. The van der Waals surface area contributed by atoms with Crippen LogP contribution in [0.3, 0.4) is 0 Å². The number of rotatable bonds is 7. The van der Waals surface area contributed by atoms with Gasteiger partial charge in [-0.05, 0) is 38.1 Å². The molecular weight excluding hydrogens is 228 g/mol. The second-order valence-electron chi connectivity index (χ2n) is 5.41. The van der Waals surface area contributed by atoms with Gasteiger partial charge in [-0.15, -0.1) is 0 Å². The van der Waals surface area contributed by atoms with Crippen molar-refractivity contribution in [3.8, 4) is 0 Å². The van der Waals surface area contributed by atoms with Crippen molar-refractivity contribution >= 4 is 5.91 Å². The lowest BCUT2D eigenvalue weighted by molar-refractivity contribution is -0.134. The van der Waals surface area contributed by atoms with Crippen LogP contribution in [0.25, 0.3) is 0 Å². The standard InChI is InChI=1S/C14H28N2O2/c1-2-4-12(8-9-15)6-7-14(18)16-10-3-5-13(17)11-16/h12-13,17H,2-11,15H2,1H3/t12?,13-/m0/s1. The summed E-state index contributed by atoms with van der Waals surface area (Å²) in [5, 5.41) is 9.56. The molecule has 1 aliphatic rings. The van der Waals surface area contributed by atoms with E-state index in [-0.39, 0.29) is 12.0 Å². The zero-order valence-electron chi connectivity index (χ0n) is 11.6. The molecule has 1 rings (SSSR count). The van der Waals surface area contributed by atoms with Gasteiger partial charge in [-0.1, -0.05) is 19.8 Å². The molecule has 0 radical (unpaired) electrons. The number of carbonyl (C=O) groups is 1. The molecule has 4 nitrogen and oxygen atoms in total. The molecule has 1 heterocycles. The molecule has 0 saturated carbocycles. The van der Waals surface area contributed by atoms with Crippen molar-refractivity contribution in [2.75, 3.05) is 19.6 Å². The molecule has 1 fully saturated rings. The minimum Gasteiger partial charge on any atom is -0.391 e. The number of nitrogens with two attached hydrogens (primary N) is 1. The number of hydrogen-bond donors (Lipinski definition) is 2. The molecular formula is C14H28N2O2. The van der Waals surface area contributed by atoms with Crippen LogP contribution in [-0.2, 0) is 4.79 Å². The molecule has 1 aliphatic heterocycles. The Morgan fingerprint density at radius 2 is 2.22 bits per heavy atom. The molecule has 1 saturated heterocycles. The van der Waals surface area contributed by atoms with E-state index >= 15 is 0 Å². The maximum Gasteiger partial charge on any atom is 0.222 e. The van der Waals surface area contributed by atoms with Crippen LogP contribution in [0.1, 0.15) is 51.9 Å². The van der Waals surface area contributed by atoms with Crippen LogP contribution in [0.5, 0.6) is 0 Å². The van der Waals surface area contributed by atoms with Gasteiger partial charge in [0.1, 0.15) is 0 Å². The number of β-amino-alcohol motifs (C(OH)–C–C–N with tert-alkyl or cyclic N) is 1. The van der Waals surface area contributed by atoms with Gasteiger partial charge in [-0.25, -0.2) is 0 Å². The zero-order chi connectivity index (χ0) is 13.4. The van der Waals surface area contributed by atoms with Crippen LogP contribution >= 0.6 is 0 Å². The van der Waals surface area contributed by atoms with E-state index in [0.717, 1.165) is 45.1 Å². The lowest BCUT2D eigenvalue weighted by Crippen LogP contribution is -2.42. The number of carbonyl (C=O) groups excluding carboxylic acids is 1. The normalized spacial score (nSPS) is 21.9. The lowest BCUT2D eigenvalue weighted by Gasteiger charge is -2.30. The Morgan fingerprint density at radius 3 is 2.83 bits per heavy atom. The quantitative estimate of drug-likeness (QED) is 0.725. The Labute approximate surface area is 111 Å². The van der Waals surface area contributed by atoms with E-state index in [2.05, 4.69) is 6.92 Å². The van der Waals surface area contributed by atoms with E-state index in [0.29, 0.717) is 25.4 Å². The van der Waals surface area contributed by atoms with Crippen LogP contribution in [0.2, 0.25) is 0 Å². The first-order chi connectivity index (χ1) is 8.67. The van der Waals surface area contributed by atoms with Crippen molar-refractivity contribution in [1.82, 2.24) is 4.90 Å². The minimum absolute atomic E-state index is 0.201. The Balaban J connectivity index is 2.29. The molecule has 2 atom stereocenters. The Bertz CT molecular complexity index is 240. The van der Waals surface area contributed by atoms with Crippen LogP contribution < -0.4 is 5.73 Å². The minimum atomic E-state index is -0.321. The fraction of sp³-hybridized carbons (Fsp3) is 0.929. The molecule has 1 amide bonds. The predicted octanol–water partition coefficient (Wildman–Crippen LogP) is 1.51. The highest BCUT2D eigenvalue weighted by Gasteiger charge is 2.22. The van der Waals surface area contributed by atoms with Gasteiger partial charge >= 0.3 is 0 Å². The van der Waals surface area contributed by atoms with E-state index in [4.69, 9.17) is 5.73 Å². The molecule has 18 heavy (non-hydrogen) atoms. The summed E-state index contributed by atoms with van der Waals surface area (Å²) in [6.07, 6.45) is 6.31. The van der Waals surface area contributed by atoms with Gasteiger partial charge in [-0.3, -0.25) is 4.79 Å². The summed E-state index contributed by atoms with van der Waals surface area (Å²) < 4.78 is 0. The molecule has 1 unspecified atom stereocenters. The highest BCUT2D eigenvalue weighted by molar-refractivity contribution is 5.76. The van der Waals surface area contributed by atoms with Gasteiger partial charge in [0.05, 0.1) is 6.10 Å². The van der Waals surface area contributed by atoms with Crippen molar-refractivity contribution in [2.45, 2.75) is 58.0 Å². The van der Waals surface area contributed by atoms with Gasteiger partial charge in [0.25, 0.3) is 0 Å². The SMILES string of the molecule is CCCC(CCN)CCC(=O)N1CCC[C@H](O)C1. The van der Waals surface area contributed by atoms with Gasteiger partial charge in [0.15, 0.2) is 0 Å². The molecule has 4 heteroatoms. The summed E-state index contributed by atoms with van der Waals surface area (Å²) in [5.41, 5.74) is 5.60. The largest absolute Gasteiger partial charge is 0.391 e. The van der Waals surface area contributed by atoms with Crippen molar-refractivity contribution < 1.29 is 9.90 Å². The van der Waals surface area contributed by atoms with Crippen LogP contribution in [-0.4, -0.2) is 41.7 Å². The fourth-order valence-corrected chi connectivity index (χ4v) is 2.74. The van der Waals surface area contributed by atoms with E-state index in [1.54, 1.807) is 0 Å². The van der Waals surface area contributed by atoms with E-state index in [1.165, 1.54) is 0 Å². The number of hydrogen-bond acceptors (Lipinski definition) is 3. The predicted molar refractivity (Wildman–Crippen MR) is 73.1 cm³/mol. The van der Waals surface area contributed by atoms with Gasteiger partial charge in [0.2, 0.25) is 5.91 Å². The van der Waals surface area contributed by atoms with Crippen LogP contribution in [0.4, 0.5) is 0 Å². The number of nitrogens with zero attached hydrogens (tertiary/aromatic N) is 1. The topological polar surface area (TPSA) is 66.6 Å². The first-order valence-electron chi connectivity index (χ1n) is 7.33. The smallest absolute Gasteiger partial charge is 0.222 e. The lowest BCUT2D eigenvalue weighted by atomic mass is 9.94. The number of aliphatic hydroxyl groups is 1. The van der Waals surface area contributed by atoms with E-state index in [9.17, 15) is 9.90 Å². The summed E-state index contributed by atoms with van der Waals surface area (Å²) in [4.78, 5) is 13.9. The summed E-state index contributed by atoms with van der Waals surface area (Å²) in [5.74, 6) is 0.783. The van der Waals surface area contributed by atoms with Gasteiger partial charge < -0.3 is 15.7 Å². The Kier molecular flexibility index (Phi) is 7.28. The molecule has 0 bridgehead atoms. The van der Waals surface area contributed by atoms with Crippen molar-refractivity contribution in [3.05, 3.63) is 0 Å². The third kappa shape index (κ3) is 5.36. The zero-order valence-corrected chi connectivity index (χ0v) is 11.6. The molecule has 0 aromatic heterocycles. The number of likely N-dealkylation sites (tertiary alicyclic amines) is 1. The fourth-order valence-electron chi connectivity index (χ4n) is 2.74. The molecule has 0 aliphatic carbocycles.